The van der Waals surface area contributed by atoms with Gasteiger partial charge in [0.2, 0.25) is 0 Å². The molecule has 5 N–H and O–H groups in total. The monoisotopic (exact) mass is 407 g/mol. The highest BCUT2D eigenvalue weighted by molar-refractivity contribution is 5.94. The number of halogens is 1. The predicted octanol–water partition coefficient (Wildman–Crippen LogP) is 0.492. The van der Waals surface area contributed by atoms with Crippen LogP contribution in [0.3, 0.4) is 0 Å². The highest BCUT2D eigenvalue weighted by Crippen LogP contribution is 2.35. The van der Waals surface area contributed by atoms with Crippen molar-refractivity contribution in [3.8, 4) is 11.5 Å². The Bertz CT molecular complexity index is 858. The minimum absolute atomic E-state index is 0.160. The first-order valence-electron chi connectivity index (χ1n) is 8.95. The number of carbonyl (C=O) groups is 1. The van der Waals surface area contributed by atoms with Gasteiger partial charge in [-0.25, -0.2) is 4.39 Å². The van der Waals surface area contributed by atoms with Crippen molar-refractivity contribution in [3.05, 3.63) is 59.4 Å². The highest BCUT2D eigenvalue weighted by atomic mass is 19.1. The third-order valence-corrected chi connectivity index (χ3v) is 4.75. The molecule has 29 heavy (non-hydrogen) atoms. The molecule has 0 aliphatic carbocycles. The third kappa shape index (κ3) is 4.39. The Morgan fingerprint density at radius 2 is 1.79 bits per heavy atom. The number of rotatable bonds is 5. The second-order valence-corrected chi connectivity index (χ2v) is 6.64. The molecule has 0 saturated carbocycles. The van der Waals surface area contributed by atoms with Crippen molar-refractivity contribution in [3.63, 3.8) is 0 Å². The fourth-order valence-electron chi connectivity index (χ4n) is 3.10. The average molecular weight is 407 g/mol. The van der Waals surface area contributed by atoms with Crippen molar-refractivity contribution in [2.45, 2.75) is 30.5 Å². The van der Waals surface area contributed by atoms with Gasteiger partial charge in [0.15, 0.2) is 11.6 Å². The molecule has 0 bridgehead atoms. The summed E-state index contributed by atoms with van der Waals surface area (Å²) >= 11 is 0. The van der Waals surface area contributed by atoms with E-state index >= 15 is 0 Å². The van der Waals surface area contributed by atoms with E-state index in [4.69, 9.17) is 9.47 Å². The van der Waals surface area contributed by atoms with Gasteiger partial charge in [0.1, 0.15) is 36.3 Å². The molecule has 9 heteroatoms. The number of carbonyl (C=O) groups excluding carboxylic acids is 1. The van der Waals surface area contributed by atoms with Gasteiger partial charge in [-0.15, -0.1) is 0 Å². The standard InChI is InChI=1S/C20H22FNO7/c1-22-20(27)10-2-5-12(6-3-10)28-14-8-11(4-7-13(14)21)19-18(26)17(25)16(24)15(9-23)29-19/h2-8,15-19,23-26H,9H2,1H3,(H,22,27)/t15-,16-,17+,18+,19-/m1/s1. The van der Waals surface area contributed by atoms with Crippen molar-refractivity contribution in [1.82, 2.24) is 5.32 Å². The molecule has 0 spiro atoms. The smallest absolute Gasteiger partial charge is 0.251 e. The van der Waals surface area contributed by atoms with E-state index in [1.165, 1.54) is 43.4 Å². The Morgan fingerprint density at radius 1 is 1.10 bits per heavy atom. The van der Waals surface area contributed by atoms with Crippen LogP contribution in [-0.2, 0) is 4.74 Å². The summed E-state index contributed by atoms with van der Waals surface area (Å²) in [6.45, 7) is -0.566. The topological polar surface area (TPSA) is 128 Å². The van der Waals surface area contributed by atoms with Crippen LogP contribution in [-0.4, -0.2) is 64.4 Å². The third-order valence-electron chi connectivity index (χ3n) is 4.75. The molecule has 1 aliphatic heterocycles. The Balaban J connectivity index is 1.83. The van der Waals surface area contributed by atoms with Crippen molar-refractivity contribution in [2.24, 2.45) is 0 Å². The Labute approximate surface area is 166 Å². The Hall–Kier alpha value is -2.56. The van der Waals surface area contributed by atoms with Crippen LogP contribution in [0.15, 0.2) is 42.5 Å². The maximum atomic E-state index is 14.2. The van der Waals surface area contributed by atoms with Crippen molar-refractivity contribution in [2.75, 3.05) is 13.7 Å². The second-order valence-electron chi connectivity index (χ2n) is 6.64. The fraction of sp³-hybridized carbons (Fsp3) is 0.350. The number of hydrogen-bond donors (Lipinski definition) is 5. The van der Waals surface area contributed by atoms with Gasteiger partial charge in [-0.3, -0.25) is 4.79 Å². The normalized spacial score (nSPS) is 26.8. The molecule has 1 fully saturated rings. The molecular weight excluding hydrogens is 385 g/mol. The van der Waals surface area contributed by atoms with Crippen molar-refractivity contribution in [1.29, 1.82) is 0 Å². The molecule has 1 saturated heterocycles. The molecule has 1 amide bonds. The molecule has 2 aromatic carbocycles. The molecule has 1 aliphatic rings. The number of aliphatic hydroxyl groups is 4. The molecule has 156 valence electrons. The van der Waals surface area contributed by atoms with E-state index in [9.17, 15) is 29.6 Å². The molecule has 3 rings (SSSR count). The van der Waals surface area contributed by atoms with Crippen LogP contribution in [0.5, 0.6) is 11.5 Å². The largest absolute Gasteiger partial charge is 0.454 e. The second kappa shape index (κ2) is 8.85. The summed E-state index contributed by atoms with van der Waals surface area (Å²) in [6, 6.07) is 9.82. The lowest BCUT2D eigenvalue weighted by Crippen LogP contribution is -2.55. The maximum absolute atomic E-state index is 14.2. The highest BCUT2D eigenvalue weighted by Gasteiger charge is 2.44. The van der Waals surface area contributed by atoms with Gasteiger partial charge >= 0.3 is 0 Å². The molecule has 0 radical (unpaired) electrons. The summed E-state index contributed by atoms with van der Waals surface area (Å²) in [4.78, 5) is 11.6. The first-order valence-corrected chi connectivity index (χ1v) is 8.95. The van der Waals surface area contributed by atoms with Crippen molar-refractivity contribution >= 4 is 5.91 Å². The first kappa shape index (κ1) is 21.2. The summed E-state index contributed by atoms with van der Waals surface area (Å²) in [5, 5.41) is 41.9. The predicted molar refractivity (Wildman–Crippen MR) is 99.0 cm³/mol. The van der Waals surface area contributed by atoms with Crippen LogP contribution >= 0.6 is 0 Å². The van der Waals surface area contributed by atoms with Gasteiger partial charge in [0, 0.05) is 12.6 Å². The van der Waals surface area contributed by atoms with Crippen molar-refractivity contribution < 1.29 is 39.1 Å². The number of benzene rings is 2. The fourth-order valence-corrected chi connectivity index (χ4v) is 3.10. The number of hydrogen-bond acceptors (Lipinski definition) is 7. The Morgan fingerprint density at radius 3 is 2.41 bits per heavy atom. The lowest BCUT2D eigenvalue weighted by molar-refractivity contribution is -0.231. The molecular formula is C20H22FNO7. The first-order chi connectivity index (χ1) is 13.8. The maximum Gasteiger partial charge on any atom is 0.251 e. The number of nitrogens with one attached hydrogen (secondary N) is 1. The van der Waals surface area contributed by atoms with E-state index < -0.39 is 42.9 Å². The zero-order chi connectivity index (χ0) is 21.1. The average Bonchev–Trinajstić information content (AvgIpc) is 2.74. The van der Waals surface area contributed by atoms with Crippen LogP contribution in [0.2, 0.25) is 0 Å². The van der Waals surface area contributed by atoms with Gasteiger partial charge in [-0.05, 0) is 42.0 Å². The molecule has 2 aromatic rings. The number of ether oxygens (including phenoxy) is 2. The lowest BCUT2D eigenvalue weighted by Gasteiger charge is -2.40. The van der Waals surface area contributed by atoms with E-state index in [1.807, 2.05) is 0 Å². The summed E-state index contributed by atoms with van der Waals surface area (Å²) in [5.74, 6) is -0.823. The SMILES string of the molecule is CNC(=O)c1ccc(Oc2cc([C@H]3O[C@H](CO)[C@@H](O)[C@H](O)[C@@H]3O)ccc2F)cc1. The van der Waals surface area contributed by atoms with E-state index in [0.717, 1.165) is 6.07 Å². The van der Waals surface area contributed by atoms with Crippen LogP contribution in [0, 0.1) is 5.82 Å². The molecule has 5 atom stereocenters. The van der Waals surface area contributed by atoms with E-state index in [0.29, 0.717) is 11.1 Å². The van der Waals surface area contributed by atoms with Crippen LogP contribution in [0.25, 0.3) is 0 Å². The lowest BCUT2D eigenvalue weighted by atomic mass is 9.91. The minimum atomic E-state index is -1.54. The van der Waals surface area contributed by atoms with Gasteiger partial charge in [0.25, 0.3) is 5.91 Å². The van der Waals surface area contributed by atoms with E-state index in [1.54, 1.807) is 0 Å². The van der Waals surface area contributed by atoms with Gasteiger partial charge in [-0.1, -0.05) is 6.07 Å². The van der Waals surface area contributed by atoms with Gasteiger partial charge in [0.05, 0.1) is 6.61 Å². The van der Waals surface area contributed by atoms with E-state index in [-0.39, 0.29) is 17.4 Å². The Kier molecular flexibility index (Phi) is 6.46. The summed E-state index contributed by atoms with van der Waals surface area (Å²) in [5.41, 5.74) is 0.704. The number of aliphatic hydroxyl groups excluding tert-OH is 4. The summed E-state index contributed by atoms with van der Waals surface area (Å²) < 4.78 is 25.3. The molecule has 0 aromatic heterocycles. The minimum Gasteiger partial charge on any atom is -0.454 e. The summed E-state index contributed by atoms with van der Waals surface area (Å²) in [6.07, 6.45) is -6.70. The van der Waals surface area contributed by atoms with Gasteiger partial charge < -0.3 is 35.2 Å². The molecule has 0 unspecified atom stereocenters. The van der Waals surface area contributed by atoms with E-state index in [2.05, 4.69) is 5.32 Å². The van der Waals surface area contributed by atoms with Crippen LogP contribution < -0.4 is 10.1 Å². The zero-order valence-electron chi connectivity index (χ0n) is 15.5. The summed E-state index contributed by atoms with van der Waals surface area (Å²) in [7, 11) is 1.51. The van der Waals surface area contributed by atoms with Crippen LogP contribution in [0.4, 0.5) is 4.39 Å². The van der Waals surface area contributed by atoms with Crippen LogP contribution in [0.1, 0.15) is 22.0 Å². The molecule has 1 heterocycles. The zero-order valence-corrected chi connectivity index (χ0v) is 15.5. The quantitative estimate of drug-likeness (QED) is 0.488. The molecule has 8 nitrogen and oxygen atoms in total. The number of amides is 1. The van der Waals surface area contributed by atoms with Gasteiger partial charge in [-0.2, -0.15) is 0 Å².